The van der Waals surface area contributed by atoms with Crippen molar-refractivity contribution >= 4 is 17.3 Å². The summed E-state index contributed by atoms with van der Waals surface area (Å²) < 4.78 is 0. The first-order chi connectivity index (χ1) is 5.79. The van der Waals surface area contributed by atoms with Crippen molar-refractivity contribution < 1.29 is 0 Å². The minimum atomic E-state index is 0.444. The lowest BCUT2D eigenvalue weighted by Crippen LogP contribution is -2.33. The third-order valence-corrected chi connectivity index (χ3v) is 2.68. The molecule has 0 aromatic carbocycles. The predicted octanol–water partition coefficient (Wildman–Crippen LogP) is 1.79. The third-order valence-electron chi connectivity index (χ3n) is 2.54. The van der Waals surface area contributed by atoms with E-state index in [2.05, 4.69) is 5.32 Å². The summed E-state index contributed by atoms with van der Waals surface area (Å²) in [4.78, 5) is 0. The van der Waals surface area contributed by atoms with Crippen LogP contribution in [0.25, 0.3) is 0 Å². The molecule has 0 radical (unpaired) electrons. The molecule has 0 atom stereocenters. The van der Waals surface area contributed by atoms with Crippen LogP contribution in [-0.4, -0.2) is 11.7 Å². The summed E-state index contributed by atoms with van der Waals surface area (Å²) in [6, 6.07) is 0. The Morgan fingerprint density at radius 2 is 1.83 bits per heavy atom. The Morgan fingerprint density at radius 1 is 1.25 bits per heavy atom. The molecule has 1 aliphatic carbocycles. The summed E-state index contributed by atoms with van der Waals surface area (Å²) in [5, 5.41) is 3.50. The number of nitrogens with one attached hydrogen (secondary N) is 1. The summed E-state index contributed by atoms with van der Waals surface area (Å²) in [6.07, 6.45) is 8.26. The second kappa shape index (κ2) is 5.36. The van der Waals surface area contributed by atoms with Gasteiger partial charge in [0, 0.05) is 6.54 Å². The van der Waals surface area contributed by atoms with E-state index < -0.39 is 0 Å². The predicted molar refractivity (Wildman–Crippen MR) is 56.0 cm³/mol. The van der Waals surface area contributed by atoms with E-state index in [0.717, 1.165) is 12.5 Å². The molecule has 3 heteroatoms. The van der Waals surface area contributed by atoms with Crippen LogP contribution in [0.4, 0.5) is 0 Å². The molecule has 0 spiro atoms. The van der Waals surface area contributed by atoms with Gasteiger partial charge >= 0.3 is 0 Å². The van der Waals surface area contributed by atoms with E-state index in [-0.39, 0.29) is 0 Å². The van der Waals surface area contributed by atoms with Crippen LogP contribution in [0.15, 0.2) is 0 Å². The second-order valence-corrected chi connectivity index (χ2v) is 4.04. The SMILES string of the molecule is NC(=S)NCC1CCCCCC1. The van der Waals surface area contributed by atoms with Gasteiger partial charge in [-0.15, -0.1) is 0 Å². The molecule has 0 unspecified atom stereocenters. The molecule has 1 aliphatic rings. The van der Waals surface area contributed by atoms with Gasteiger partial charge in [-0.2, -0.15) is 0 Å². The second-order valence-electron chi connectivity index (χ2n) is 3.60. The Balaban J connectivity index is 2.16. The van der Waals surface area contributed by atoms with Crippen LogP contribution in [0.2, 0.25) is 0 Å². The summed E-state index contributed by atoms with van der Waals surface area (Å²) >= 11 is 4.76. The highest BCUT2D eigenvalue weighted by molar-refractivity contribution is 7.80. The van der Waals surface area contributed by atoms with E-state index in [9.17, 15) is 0 Å². The molecule has 70 valence electrons. The van der Waals surface area contributed by atoms with E-state index in [1.807, 2.05) is 0 Å². The van der Waals surface area contributed by atoms with Crippen LogP contribution in [0.1, 0.15) is 38.5 Å². The molecule has 0 heterocycles. The zero-order valence-corrected chi connectivity index (χ0v) is 8.33. The zero-order valence-electron chi connectivity index (χ0n) is 7.51. The molecule has 0 aromatic heterocycles. The Hall–Kier alpha value is -0.310. The van der Waals surface area contributed by atoms with Gasteiger partial charge in [0.05, 0.1) is 0 Å². The average Bonchev–Trinajstić information content (AvgIpc) is 2.28. The van der Waals surface area contributed by atoms with E-state index in [1.54, 1.807) is 0 Å². The summed E-state index contributed by atoms with van der Waals surface area (Å²) in [5.41, 5.74) is 5.37. The van der Waals surface area contributed by atoms with Gasteiger partial charge in [0.25, 0.3) is 0 Å². The van der Waals surface area contributed by atoms with Gasteiger partial charge in [0.15, 0.2) is 5.11 Å². The molecular weight excluding hydrogens is 168 g/mol. The van der Waals surface area contributed by atoms with E-state index in [4.69, 9.17) is 18.0 Å². The van der Waals surface area contributed by atoms with Gasteiger partial charge < -0.3 is 11.1 Å². The first-order valence-electron chi connectivity index (χ1n) is 4.82. The number of hydrogen-bond acceptors (Lipinski definition) is 1. The Kier molecular flexibility index (Phi) is 4.36. The fourth-order valence-corrected chi connectivity index (χ4v) is 1.90. The van der Waals surface area contributed by atoms with Crippen molar-refractivity contribution in [3.63, 3.8) is 0 Å². The molecule has 2 nitrogen and oxygen atoms in total. The quantitative estimate of drug-likeness (QED) is 0.510. The average molecular weight is 186 g/mol. The maximum atomic E-state index is 5.37. The van der Waals surface area contributed by atoms with Gasteiger partial charge in [0.1, 0.15) is 0 Å². The number of hydrogen-bond donors (Lipinski definition) is 2. The largest absolute Gasteiger partial charge is 0.376 e. The van der Waals surface area contributed by atoms with Crippen molar-refractivity contribution in [3.8, 4) is 0 Å². The molecule has 0 aromatic rings. The Bertz CT molecular complexity index is 139. The molecular formula is C9H18N2S. The van der Waals surface area contributed by atoms with Crippen molar-refractivity contribution in [1.29, 1.82) is 0 Å². The van der Waals surface area contributed by atoms with Crippen LogP contribution >= 0.6 is 12.2 Å². The molecule has 3 N–H and O–H groups in total. The van der Waals surface area contributed by atoms with E-state index in [0.29, 0.717) is 5.11 Å². The van der Waals surface area contributed by atoms with Crippen molar-refractivity contribution in [3.05, 3.63) is 0 Å². The molecule has 1 rings (SSSR count). The highest BCUT2D eigenvalue weighted by Crippen LogP contribution is 2.21. The minimum Gasteiger partial charge on any atom is -0.376 e. The van der Waals surface area contributed by atoms with Crippen molar-refractivity contribution in [2.75, 3.05) is 6.54 Å². The molecule has 12 heavy (non-hydrogen) atoms. The van der Waals surface area contributed by atoms with E-state index in [1.165, 1.54) is 38.5 Å². The summed E-state index contributed by atoms with van der Waals surface area (Å²) in [6.45, 7) is 0.981. The summed E-state index contributed by atoms with van der Waals surface area (Å²) in [7, 11) is 0. The van der Waals surface area contributed by atoms with E-state index >= 15 is 0 Å². The van der Waals surface area contributed by atoms with Crippen LogP contribution in [0.5, 0.6) is 0 Å². The van der Waals surface area contributed by atoms with Gasteiger partial charge in [0.2, 0.25) is 0 Å². The van der Waals surface area contributed by atoms with Gasteiger partial charge in [-0.05, 0) is 31.0 Å². The smallest absolute Gasteiger partial charge is 0.163 e. The normalized spacial score (nSPS) is 20.0. The zero-order chi connectivity index (χ0) is 8.81. The highest BCUT2D eigenvalue weighted by Gasteiger charge is 2.11. The Morgan fingerprint density at radius 3 is 2.33 bits per heavy atom. The Labute approximate surface area is 79.9 Å². The standard InChI is InChI=1S/C9H18N2S/c10-9(12)11-7-8-5-3-1-2-4-6-8/h8H,1-7H2,(H3,10,11,12). The van der Waals surface area contributed by atoms with Gasteiger partial charge in [-0.1, -0.05) is 25.7 Å². The van der Waals surface area contributed by atoms with Crippen molar-refractivity contribution in [2.45, 2.75) is 38.5 Å². The molecule has 0 saturated heterocycles. The molecule has 0 bridgehead atoms. The lowest BCUT2D eigenvalue weighted by molar-refractivity contribution is 0.454. The van der Waals surface area contributed by atoms with Crippen LogP contribution in [-0.2, 0) is 0 Å². The van der Waals surface area contributed by atoms with Crippen LogP contribution in [0, 0.1) is 5.92 Å². The third kappa shape index (κ3) is 3.90. The van der Waals surface area contributed by atoms with Crippen LogP contribution in [0.3, 0.4) is 0 Å². The highest BCUT2D eigenvalue weighted by atomic mass is 32.1. The lowest BCUT2D eigenvalue weighted by atomic mass is 10.0. The fourth-order valence-electron chi connectivity index (χ4n) is 1.81. The molecule has 1 fully saturated rings. The molecule has 0 amide bonds. The minimum absolute atomic E-state index is 0.444. The first kappa shape index (κ1) is 9.78. The van der Waals surface area contributed by atoms with Crippen molar-refractivity contribution in [1.82, 2.24) is 5.32 Å². The maximum absolute atomic E-state index is 5.37. The number of rotatable bonds is 2. The maximum Gasteiger partial charge on any atom is 0.163 e. The first-order valence-corrected chi connectivity index (χ1v) is 5.23. The molecule has 0 aliphatic heterocycles. The number of nitrogens with two attached hydrogens (primary N) is 1. The number of thiocarbonyl (C=S) groups is 1. The fraction of sp³-hybridized carbons (Fsp3) is 0.889. The topological polar surface area (TPSA) is 38.0 Å². The monoisotopic (exact) mass is 186 g/mol. The molecule has 1 saturated carbocycles. The van der Waals surface area contributed by atoms with Crippen molar-refractivity contribution in [2.24, 2.45) is 11.7 Å². The van der Waals surface area contributed by atoms with Gasteiger partial charge in [-0.3, -0.25) is 0 Å². The summed E-state index contributed by atoms with van der Waals surface area (Å²) in [5.74, 6) is 0.800. The van der Waals surface area contributed by atoms with Crippen LogP contribution < -0.4 is 11.1 Å². The lowest BCUT2D eigenvalue weighted by Gasteiger charge is -2.14. The van der Waals surface area contributed by atoms with Gasteiger partial charge in [-0.25, -0.2) is 0 Å².